The highest BCUT2D eigenvalue weighted by Crippen LogP contribution is 2.28. The van der Waals surface area contributed by atoms with Gasteiger partial charge < -0.3 is 10.4 Å². The summed E-state index contributed by atoms with van der Waals surface area (Å²) in [6, 6.07) is 6.96. The average Bonchev–Trinajstić information content (AvgIpc) is 3.21. The summed E-state index contributed by atoms with van der Waals surface area (Å²) in [6.07, 6.45) is 1.57. The van der Waals surface area contributed by atoms with Gasteiger partial charge in [-0.1, -0.05) is 19.9 Å². The third-order valence-corrected chi connectivity index (χ3v) is 5.23. The molecule has 1 atom stereocenters. The summed E-state index contributed by atoms with van der Waals surface area (Å²) in [7, 11) is 0. The Hall–Kier alpha value is -4.08. The summed E-state index contributed by atoms with van der Waals surface area (Å²) < 4.78 is 28.8. The normalized spacial score (nSPS) is 12.3. The second-order valence-corrected chi connectivity index (χ2v) is 7.94. The molecule has 33 heavy (non-hydrogen) atoms. The van der Waals surface area contributed by atoms with E-state index in [1.807, 2.05) is 13.8 Å². The lowest BCUT2D eigenvalue weighted by Gasteiger charge is -2.20. The number of benzene rings is 1. The molecule has 1 amide bonds. The molecule has 4 rings (SSSR count). The van der Waals surface area contributed by atoms with Crippen molar-refractivity contribution in [3.8, 4) is 11.1 Å². The zero-order valence-electron chi connectivity index (χ0n) is 17.8. The van der Waals surface area contributed by atoms with Crippen LogP contribution in [0.1, 0.15) is 42.8 Å². The first-order valence-electron chi connectivity index (χ1n) is 10.2. The number of pyridine rings is 1. The fourth-order valence-electron chi connectivity index (χ4n) is 3.73. The largest absolute Gasteiger partial charge is 0.465 e. The predicted octanol–water partition coefficient (Wildman–Crippen LogP) is 4.04. The van der Waals surface area contributed by atoms with E-state index in [0.717, 1.165) is 23.9 Å². The molecule has 3 N–H and O–H groups in total. The van der Waals surface area contributed by atoms with Gasteiger partial charge in [0, 0.05) is 35.8 Å². The fourth-order valence-corrected chi connectivity index (χ4v) is 3.73. The highest BCUT2D eigenvalue weighted by atomic mass is 19.1. The Morgan fingerprint density at radius 2 is 1.91 bits per heavy atom. The first-order chi connectivity index (χ1) is 15.7. The van der Waals surface area contributed by atoms with E-state index in [-0.39, 0.29) is 34.8 Å². The van der Waals surface area contributed by atoms with Crippen LogP contribution in [0.15, 0.2) is 53.6 Å². The lowest BCUT2D eigenvalue weighted by molar-refractivity contribution is 0.189. The van der Waals surface area contributed by atoms with Crippen molar-refractivity contribution in [1.82, 2.24) is 24.9 Å². The summed E-state index contributed by atoms with van der Waals surface area (Å²) in [5.74, 6) is -1.41. The van der Waals surface area contributed by atoms with Crippen LogP contribution in [-0.4, -0.2) is 30.8 Å². The highest BCUT2D eigenvalue weighted by molar-refractivity contribution is 5.69. The van der Waals surface area contributed by atoms with Gasteiger partial charge in [0.2, 0.25) is 0 Å². The minimum absolute atomic E-state index is 0.126. The van der Waals surface area contributed by atoms with Crippen LogP contribution in [-0.2, 0) is 6.42 Å². The molecular formula is C23H21F2N5O3. The molecule has 1 aromatic carbocycles. The van der Waals surface area contributed by atoms with Gasteiger partial charge in [0.15, 0.2) is 5.65 Å². The Kier molecular flexibility index (Phi) is 5.91. The van der Waals surface area contributed by atoms with Crippen molar-refractivity contribution in [1.29, 1.82) is 0 Å². The van der Waals surface area contributed by atoms with Crippen molar-refractivity contribution in [3.05, 3.63) is 87.7 Å². The van der Waals surface area contributed by atoms with E-state index in [2.05, 4.69) is 20.4 Å². The number of fused-ring (bicyclic) bond motifs is 1. The van der Waals surface area contributed by atoms with Crippen LogP contribution in [0, 0.1) is 11.6 Å². The molecule has 0 saturated carbocycles. The minimum Gasteiger partial charge on any atom is -0.465 e. The monoisotopic (exact) mass is 453 g/mol. The van der Waals surface area contributed by atoms with Crippen LogP contribution in [0.4, 0.5) is 13.6 Å². The van der Waals surface area contributed by atoms with E-state index in [4.69, 9.17) is 0 Å². The molecule has 0 spiro atoms. The topological polar surface area (TPSA) is 112 Å². The molecule has 0 fully saturated rings. The molecule has 8 nitrogen and oxygen atoms in total. The van der Waals surface area contributed by atoms with Gasteiger partial charge in [0.1, 0.15) is 11.6 Å². The van der Waals surface area contributed by atoms with Crippen LogP contribution in [0.5, 0.6) is 0 Å². The average molecular weight is 453 g/mol. The van der Waals surface area contributed by atoms with Crippen LogP contribution < -0.4 is 10.9 Å². The summed E-state index contributed by atoms with van der Waals surface area (Å²) in [5, 5.41) is 14.6. The number of rotatable bonds is 6. The maximum atomic E-state index is 13.8. The molecule has 0 aliphatic heterocycles. The smallest absolute Gasteiger partial charge is 0.405 e. The van der Waals surface area contributed by atoms with Crippen molar-refractivity contribution in [3.63, 3.8) is 0 Å². The lowest BCUT2D eigenvalue weighted by atomic mass is 9.96. The van der Waals surface area contributed by atoms with E-state index in [0.29, 0.717) is 5.56 Å². The van der Waals surface area contributed by atoms with E-state index >= 15 is 0 Å². The third-order valence-electron chi connectivity index (χ3n) is 5.23. The standard InChI is InChI=1S/C23H21F2N5O3/c1-12(2)17-4-3-14(11-26-17)20-21(29-19-5-6-27-30(19)22(20)31)18(28-23(32)33)9-13-7-15(24)10-16(25)8-13/h3-8,10-12,18,27-28H,9H2,1-2H3,(H,32,33)/t18-/m0/s1. The number of aromatic nitrogens is 4. The first-order valence-corrected chi connectivity index (χ1v) is 10.2. The molecule has 3 aromatic heterocycles. The van der Waals surface area contributed by atoms with E-state index in [1.165, 1.54) is 16.9 Å². The number of aromatic amines is 1. The van der Waals surface area contributed by atoms with Gasteiger partial charge in [-0.15, -0.1) is 0 Å². The van der Waals surface area contributed by atoms with Gasteiger partial charge >= 0.3 is 6.09 Å². The van der Waals surface area contributed by atoms with Gasteiger partial charge in [-0.05, 0) is 36.1 Å². The van der Waals surface area contributed by atoms with Gasteiger partial charge in [-0.2, -0.15) is 0 Å². The molecule has 170 valence electrons. The van der Waals surface area contributed by atoms with Crippen LogP contribution in [0.2, 0.25) is 0 Å². The Morgan fingerprint density at radius 3 is 2.52 bits per heavy atom. The van der Waals surface area contributed by atoms with Crippen LogP contribution in [0.25, 0.3) is 16.8 Å². The molecule has 0 aliphatic carbocycles. The Bertz CT molecular complexity index is 1360. The van der Waals surface area contributed by atoms with Crippen molar-refractivity contribution < 1.29 is 18.7 Å². The van der Waals surface area contributed by atoms with Crippen molar-refractivity contribution >= 4 is 11.7 Å². The number of nitrogens with zero attached hydrogens (tertiary/aromatic N) is 3. The number of hydrogen-bond donors (Lipinski definition) is 3. The van der Waals surface area contributed by atoms with Crippen molar-refractivity contribution in [2.75, 3.05) is 0 Å². The van der Waals surface area contributed by atoms with Gasteiger partial charge in [0.25, 0.3) is 5.56 Å². The van der Waals surface area contributed by atoms with Gasteiger partial charge in [0.05, 0.1) is 17.3 Å². The number of H-pyrrole nitrogens is 1. The fraction of sp³-hybridized carbons (Fsp3) is 0.217. The van der Waals surface area contributed by atoms with E-state index in [1.54, 1.807) is 18.2 Å². The molecule has 10 heteroatoms. The Morgan fingerprint density at radius 1 is 1.18 bits per heavy atom. The summed E-state index contributed by atoms with van der Waals surface area (Å²) in [5.41, 5.74) is 1.55. The summed E-state index contributed by atoms with van der Waals surface area (Å²) in [4.78, 5) is 33.9. The molecular weight excluding hydrogens is 432 g/mol. The molecule has 0 unspecified atom stereocenters. The summed E-state index contributed by atoms with van der Waals surface area (Å²) in [6.45, 7) is 3.97. The first kappa shape index (κ1) is 22.1. The van der Waals surface area contributed by atoms with Crippen molar-refractivity contribution in [2.45, 2.75) is 32.2 Å². The summed E-state index contributed by atoms with van der Waals surface area (Å²) >= 11 is 0. The molecule has 3 heterocycles. The van der Waals surface area contributed by atoms with Gasteiger partial charge in [-0.3, -0.25) is 14.9 Å². The number of hydrogen-bond acceptors (Lipinski definition) is 4. The zero-order valence-corrected chi connectivity index (χ0v) is 17.8. The maximum absolute atomic E-state index is 13.8. The number of amides is 1. The number of carboxylic acid groups (broad SMARTS) is 1. The van der Waals surface area contributed by atoms with Gasteiger partial charge in [-0.25, -0.2) is 23.1 Å². The minimum atomic E-state index is -1.37. The maximum Gasteiger partial charge on any atom is 0.405 e. The second kappa shape index (κ2) is 8.81. The molecule has 4 aromatic rings. The van der Waals surface area contributed by atoms with E-state index in [9.17, 15) is 23.5 Å². The highest BCUT2D eigenvalue weighted by Gasteiger charge is 2.25. The quantitative estimate of drug-likeness (QED) is 0.408. The number of nitrogens with one attached hydrogen (secondary N) is 2. The molecule has 0 bridgehead atoms. The van der Waals surface area contributed by atoms with Crippen molar-refractivity contribution in [2.24, 2.45) is 0 Å². The Balaban J connectivity index is 1.91. The Labute approximate surface area is 186 Å². The second-order valence-electron chi connectivity index (χ2n) is 7.94. The SMILES string of the molecule is CC(C)c1ccc(-c2c([C@H](Cc3cc(F)cc(F)c3)NC(=O)O)nc3cc[nH]n3c2=O)cn1. The zero-order chi connectivity index (χ0) is 23.7. The molecule has 0 aliphatic rings. The number of halogens is 2. The predicted molar refractivity (Wildman–Crippen MR) is 117 cm³/mol. The third kappa shape index (κ3) is 4.59. The van der Waals surface area contributed by atoms with Crippen LogP contribution in [0.3, 0.4) is 0 Å². The van der Waals surface area contributed by atoms with Crippen LogP contribution >= 0.6 is 0 Å². The van der Waals surface area contributed by atoms with E-state index < -0.39 is 29.3 Å². The lowest BCUT2D eigenvalue weighted by Crippen LogP contribution is -2.32. The molecule has 0 saturated heterocycles. The molecule has 0 radical (unpaired) electrons. The number of carbonyl (C=O) groups is 1.